The predicted molar refractivity (Wildman–Crippen MR) is 95.5 cm³/mol. The van der Waals surface area contributed by atoms with Gasteiger partial charge in [-0.15, -0.1) is 0 Å². The van der Waals surface area contributed by atoms with E-state index >= 15 is 0 Å². The number of ether oxygens (including phenoxy) is 2. The van der Waals surface area contributed by atoms with Crippen LogP contribution in [0.4, 0.5) is 10.5 Å². The van der Waals surface area contributed by atoms with Crippen LogP contribution in [-0.2, 0) is 9.47 Å². The summed E-state index contributed by atoms with van der Waals surface area (Å²) in [4.78, 5) is 27.6. The number of carbonyl (C=O) groups excluding carboxylic acids is 2. The summed E-state index contributed by atoms with van der Waals surface area (Å²) in [5, 5.41) is 0. The van der Waals surface area contributed by atoms with Crippen molar-refractivity contribution in [2.75, 3.05) is 38.2 Å². The van der Waals surface area contributed by atoms with Gasteiger partial charge in [0.25, 0.3) is 0 Å². The highest BCUT2D eigenvalue weighted by Crippen LogP contribution is 2.28. The van der Waals surface area contributed by atoms with Gasteiger partial charge < -0.3 is 19.3 Å². The van der Waals surface area contributed by atoms with Gasteiger partial charge in [-0.25, -0.2) is 9.59 Å². The Morgan fingerprint density at radius 2 is 1.75 bits per heavy atom. The molecule has 1 heterocycles. The number of nitrogens with zero attached hydrogens (tertiary/aromatic N) is 2. The normalized spacial score (nSPS) is 15.2. The van der Waals surface area contributed by atoms with Gasteiger partial charge in [-0.2, -0.15) is 0 Å². The molecule has 0 aromatic heterocycles. The minimum absolute atomic E-state index is 0.276. The Morgan fingerprint density at radius 1 is 1.12 bits per heavy atom. The van der Waals surface area contributed by atoms with Crippen molar-refractivity contribution in [3.05, 3.63) is 28.2 Å². The fourth-order valence-corrected chi connectivity index (χ4v) is 3.09. The van der Waals surface area contributed by atoms with Crippen molar-refractivity contribution in [1.82, 2.24) is 4.90 Å². The highest BCUT2D eigenvalue weighted by Gasteiger charge is 2.26. The third-order valence-corrected chi connectivity index (χ3v) is 4.28. The first-order chi connectivity index (χ1) is 11.2. The van der Waals surface area contributed by atoms with Gasteiger partial charge in [0.2, 0.25) is 0 Å². The van der Waals surface area contributed by atoms with Crippen molar-refractivity contribution in [3.8, 4) is 0 Å². The summed E-state index contributed by atoms with van der Waals surface area (Å²) in [6.07, 6.45) is -0.276. The number of esters is 1. The summed E-state index contributed by atoms with van der Waals surface area (Å²) in [6.45, 7) is 8.19. The van der Waals surface area contributed by atoms with E-state index in [-0.39, 0.29) is 12.1 Å². The lowest BCUT2D eigenvalue weighted by Crippen LogP contribution is -2.50. The first-order valence-electron chi connectivity index (χ1n) is 7.82. The van der Waals surface area contributed by atoms with E-state index in [1.54, 1.807) is 17.0 Å². The van der Waals surface area contributed by atoms with Gasteiger partial charge in [0.05, 0.1) is 18.4 Å². The van der Waals surface area contributed by atoms with Crippen LogP contribution in [0.1, 0.15) is 31.1 Å². The molecule has 1 fully saturated rings. The summed E-state index contributed by atoms with van der Waals surface area (Å²) in [5.74, 6) is -0.364. The van der Waals surface area contributed by atoms with Gasteiger partial charge >= 0.3 is 12.1 Å². The summed E-state index contributed by atoms with van der Waals surface area (Å²) in [7, 11) is 1.36. The molecule has 1 aliphatic heterocycles. The van der Waals surface area contributed by atoms with Crippen LogP contribution in [0.25, 0.3) is 0 Å². The zero-order valence-corrected chi connectivity index (χ0v) is 16.1. The minimum atomic E-state index is -0.485. The molecule has 6 nitrogen and oxygen atoms in total. The lowest BCUT2D eigenvalue weighted by atomic mass is 10.2. The SMILES string of the molecule is COC(=O)c1ccc(N2CCN(C(=O)OC(C)(C)C)CC2)c(Br)c1. The predicted octanol–water partition coefficient (Wildman–Crippen LogP) is 3.29. The van der Waals surface area contributed by atoms with Gasteiger partial charge in [-0.1, -0.05) is 0 Å². The molecule has 24 heavy (non-hydrogen) atoms. The van der Waals surface area contributed by atoms with Gasteiger partial charge in [-0.3, -0.25) is 0 Å². The van der Waals surface area contributed by atoms with Crippen LogP contribution >= 0.6 is 15.9 Å². The van der Waals surface area contributed by atoms with Crippen LogP contribution in [0.15, 0.2) is 22.7 Å². The summed E-state index contributed by atoms with van der Waals surface area (Å²) in [5.41, 5.74) is 1.01. The monoisotopic (exact) mass is 398 g/mol. The molecule has 1 amide bonds. The van der Waals surface area contributed by atoms with E-state index in [0.29, 0.717) is 31.7 Å². The average molecular weight is 399 g/mol. The summed E-state index contributed by atoms with van der Waals surface area (Å²) in [6, 6.07) is 5.38. The van der Waals surface area contributed by atoms with Crippen LogP contribution in [0.3, 0.4) is 0 Å². The van der Waals surface area contributed by atoms with Crippen LogP contribution in [0.5, 0.6) is 0 Å². The van der Waals surface area contributed by atoms with Crippen LogP contribution < -0.4 is 4.90 Å². The first kappa shape index (κ1) is 18.6. The standard InChI is InChI=1S/C17H23BrN2O4/c1-17(2,3)24-16(22)20-9-7-19(8-10-20)14-6-5-12(11-13(14)18)15(21)23-4/h5-6,11H,7-10H2,1-4H3. The zero-order valence-electron chi connectivity index (χ0n) is 14.5. The van der Waals surface area contributed by atoms with E-state index < -0.39 is 5.60 Å². The molecule has 0 N–H and O–H groups in total. The number of rotatable bonds is 2. The van der Waals surface area contributed by atoms with Crippen molar-refractivity contribution in [3.63, 3.8) is 0 Å². The molecule has 0 unspecified atom stereocenters. The maximum Gasteiger partial charge on any atom is 0.410 e. The van der Waals surface area contributed by atoms with Crippen LogP contribution in [-0.4, -0.2) is 55.9 Å². The summed E-state index contributed by atoms with van der Waals surface area (Å²) < 4.78 is 11.0. The van der Waals surface area contributed by atoms with Crippen LogP contribution in [0, 0.1) is 0 Å². The Kier molecular flexibility index (Phi) is 5.74. The van der Waals surface area contributed by atoms with E-state index in [2.05, 4.69) is 20.8 Å². The lowest BCUT2D eigenvalue weighted by molar-refractivity contribution is 0.0240. The van der Waals surface area contributed by atoms with Crippen molar-refractivity contribution in [2.45, 2.75) is 26.4 Å². The van der Waals surface area contributed by atoms with Crippen molar-refractivity contribution in [1.29, 1.82) is 0 Å². The Labute approximate surface area is 150 Å². The number of carbonyl (C=O) groups is 2. The second-order valence-corrected chi connectivity index (χ2v) is 7.47. The zero-order chi connectivity index (χ0) is 17.9. The molecular weight excluding hydrogens is 376 g/mol. The molecule has 0 saturated carbocycles. The Morgan fingerprint density at radius 3 is 2.25 bits per heavy atom. The largest absolute Gasteiger partial charge is 0.465 e. The van der Waals surface area contributed by atoms with Crippen LogP contribution in [0.2, 0.25) is 0 Å². The molecule has 1 aliphatic rings. The summed E-state index contributed by atoms with van der Waals surface area (Å²) >= 11 is 3.51. The van der Waals surface area contributed by atoms with Gasteiger partial charge in [0.15, 0.2) is 0 Å². The van der Waals surface area contributed by atoms with Crippen molar-refractivity contribution in [2.24, 2.45) is 0 Å². The maximum absolute atomic E-state index is 12.1. The second-order valence-electron chi connectivity index (χ2n) is 6.61. The molecule has 0 spiro atoms. The second kappa shape index (κ2) is 7.42. The number of anilines is 1. The molecular formula is C17H23BrN2O4. The number of halogens is 1. The number of amides is 1. The fourth-order valence-electron chi connectivity index (χ4n) is 2.46. The fraction of sp³-hybridized carbons (Fsp3) is 0.529. The van der Waals surface area contributed by atoms with Gasteiger partial charge in [0.1, 0.15) is 5.60 Å². The number of hydrogen-bond donors (Lipinski definition) is 0. The van der Waals surface area contributed by atoms with E-state index in [0.717, 1.165) is 10.2 Å². The highest BCUT2D eigenvalue weighted by atomic mass is 79.9. The first-order valence-corrected chi connectivity index (χ1v) is 8.61. The average Bonchev–Trinajstić information content (AvgIpc) is 2.52. The quantitative estimate of drug-likeness (QED) is 0.715. The third-order valence-electron chi connectivity index (χ3n) is 3.64. The Hall–Kier alpha value is -1.76. The third kappa shape index (κ3) is 4.63. The number of benzene rings is 1. The van der Waals surface area contributed by atoms with Crippen molar-refractivity contribution >= 4 is 33.7 Å². The van der Waals surface area contributed by atoms with Crippen molar-refractivity contribution < 1.29 is 19.1 Å². The Bertz CT molecular complexity index is 620. The maximum atomic E-state index is 12.1. The molecule has 0 atom stereocenters. The molecule has 7 heteroatoms. The molecule has 1 aromatic carbocycles. The number of hydrogen-bond acceptors (Lipinski definition) is 5. The molecule has 2 rings (SSSR count). The number of methoxy groups -OCH3 is 1. The van der Waals surface area contributed by atoms with Gasteiger partial charge in [-0.05, 0) is 54.9 Å². The molecule has 1 aromatic rings. The molecule has 0 bridgehead atoms. The molecule has 0 aliphatic carbocycles. The van der Waals surface area contributed by atoms with E-state index in [1.165, 1.54) is 7.11 Å². The smallest absolute Gasteiger partial charge is 0.410 e. The molecule has 132 valence electrons. The van der Waals surface area contributed by atoms with E-state index in [4.69, 9.17) is 9.47 Å². The molecule has 0 radical (unpaired) electrons. The minimum Gasteiger partial charge on any atom is -0.465 e. The topological polar surface area (TPSA) is 59.1 Å². The number of piperazine rings is 1. The van der Waals surface area contributed by atoms with E-state index in [9.17, 15) is 9.59 Å². The Balaban J connectivity index is 2.00. The highest BCUT2D eigenvalue weighted by molar-refractivity contribution is 9.10. The van der Waals surface area contributed by atoms with E-state index in [1.807, 2.05) is 26.8 Å². The lowest BCUT2D eigenvalue weighted by Gasteiger charge is -2.37. The molecule has 1 saturated heterocycles. The van der Waals surface area contributed by atoms with Gasteiger partial charge in [0, 0.05) is 30.7 Å².